The number of nitrogens with one attached hydrogen (secondary N) is 2. The minimum absolute atomic E-state index is 0.136. The Bertz CT molecular complexity index is 480. The molecule has 0 saturated heterocycles. The fourth-order valence-electron chi connectivity index (χ4n) is 1.42. The van der Waals surface area contributed by atoms with Crippen LogP contribution in [0.25, 0.3) is 0 Å². The lowest BCUT2D eigenvalue weighted by molar-refractivity contribution is 0.588. The van der Waals surface area contributed by atoms with Crippen LogP contribution in [0.15, 0.2) is 24.3 Å². The number of hydrogen-bond acceptors (Lipinski definition) is 3. The molecule has 0 bridgehead atoms. The van der Waals surface area contributed by atoms with Crippen LogP contribution in [-0.4, -0.2) is 27.1 Å². The number of nitrogens with two attached hydrogens (primary N) is 1. The lowest BCUT2D eigenvalue weighted by Crippen LogP contribution is -2.24. The molecule has 17 heavy (non-hydrogen) atoms. The van der Waals surface area contributed by atoms with Crippen LogP contribution < -0.4 is 10.5 Å². The summed E-state index contributed by atoms with van der Waals surface area (Å²) in [4.78, 5) is 0. The summed E-state index contributed by atoms with van der Waals surface area (Å²) in [6, 6.07) is 7.64. The first-order chi connectivity index (χ1) is 7.87. The zero-order valence-electron chi connectivity index (χ0n) is 9.73. The van der Waals surface area contributed by atoms with Crippen molar-refractivity contribution in [3.05, 3.63) is 35.4 Å². The van der Waals surface area contributed by atoms with E-state index in [0.29, 0.717) is 19.4 Å². The number of hydrogen-bond donors (Lipinski definition) is 3. The Hall–Kier alpha value is -1.40. The molecule has 0 saturated carbocycles. The molecule has 0 spiro atoms. The van der Waals surface area contributed by atoms with Gasteiger partial charge in [-0.15, -0.1) is 0 Å². The molecule has 1 rings (SSSR count). The molecule has 0 unspecified atom stereocenters. The van der Waals surface area contributed by atoms with E-state index < -0.39 is 10.0 Å². The van der Waals surface area contributed by atoms with Gasteiger partial charge in [0.15, 0.2) is 0 Å². The van der Waals surface area contributed by atoms with Gasteiger partial charge in [-0.25, -0.2) is 13.1 Å². The predicted octanol–water partition coefficient (Wildman–Crippen LogP) is 0.257. The molecule has 0 amide bonds. The van der Waals surface area contributed by atoms with Crippen molar-refractivity contribution in [1.82, 2.24) is 4.72 Å². The second kappa shape index (κ2) is 5.79. The van der Waals surface area contributed by atoms with Gasteiger partial charge in [0.2, 0.25) is 10.0 Å². The molecule has 4 N–H and O–H groups in total. The molecule has 0 radical (unpaired) electrons. The summed E-state index contributed by atoms with van der Waals surface area (Å²) in [5, 5.41) is 7.17. The maximum absolute atomic E-state index is 10.8. The van der Waals surface area contributed by atoms with Gasteiger partial charge in [-0.3, -0.25) is 5.41 Å². The van der Waals surface area contributed by atoms with Crippen molar-refractivity contribution in [3.63, 3.8) is 0 Å². The summed E-state index contributed by atoms with van der Waals surface area (Å²) >= 11 is 0. The van der Waals surface area contributed by atoms with E-state index in [1.54, 1.807) is 0 Å². The Morgan fingerprint density at radius 3 is 2.29 bits per heavy atom. The Balaban J connectivity index is 2.48. The molecule has 1 aromatic rings. The standard InChI is InChI=1S/C11H17N3O2S/c1-17(15,16)14-7-6-9-2-4-10(5-3-9)8-11(12)13/h2-5,14H,6-8H2,1H3,(H3,12,13). The molecule has 0 aromatic heterocycles. The summed E-state index contributed by atoms with van der Waals surface area (Å²) in [6.45, 7) is 0.394. The van der Waals surface area contributed by atoms with Crippen LogP contribution in [0.1, 0.15) is 11.1 Å². The molecule has 94 valence electrons. The van der Waals surface area contributed by atoms with E-state index in [2.05, 4.69) is 4.72 Å². The van der Waals surface area contributed by atoms with E-state index in [1.165, 1.54) is 0 Å². The Morgan fingerprint density at radius 1 is 1.29 bits per heavy atom. The van der Waals surface area contributed by atoms with Gasteiger partial charge >= 0.3 is 0 Å². The van der Waals surface area contributed by atoms with Crippen LogP contribution in [-0.2, 0) is 22.9 Å². The average Bonchev–Trinajstić information content (AvgIpc) is 2.18. The minimum Gasteiger partial charge on any atom is -0.387 e. The van der Waals surface area contributed by atoms with Crippen molar-refractivity contribution in [2.24, 2.45) is 5.73 Å². The zero-order chi connectivity index (χ0) is 12.9. The van der Waals surface area contributed by atoms with Gasteiger partial charge in [-0.1, -0.05) is 24.3 Å². The van der Waals surface area contributed by atoms with Crippen molar-refractivity contribution in [3.8, 4) is 0 Å². The lowest BCUT2D eigenvalue weighted by atomic mass is 10.1. The van der Waals surface area contributed by atoms with Crippen molar-refractivity contribution in [1.29, 1.82) is 5.41 Å². The second-order valence-electron chi connectivity index (χ2n) is 3.94. The Morgan fingerprint density at radius 2 is 1.82 bits per heavy atom. The first-order valence-corrected chi connectivity index (χ1v) is 7.11. The summed E-state index contributed by atoms with van der Waals surface area (Å²) in [5.41, 5.74) is 7.33. The van der Waals surface area contributed by atoms with E-state index in [-0.39, 0.29) is 5.84 Å². The van der Waals surface area contributed by atoms with Gasteiger partial charge in [-0.05, 0) is 17.5 Å². The van der Waals surface area contributed by atoms with Crippen molar-refractivity contribution >= 4 is 15.9 Å². The molecule has 0 atom stereocenters. The molecule has 0 aliphatic carbocycles. The first kappa shape index (κ1) is 13.7. The third kappa shape index (κ3) is 6.03. The number of rotatable bonds is 6. The predicted molar refractivity (Wildman–Crippen MR) is 68.6 cm³/mol. The van der Waals surface area contributed by atoms with E-state index in [1.807, 2.05) is 24.3 Å². The fraction of sp³-hybridized carbons (Fsp3) is 0.364. The average molecular weight is 255 g/mol. The molecule has 6 heteroatoms. The quantitative estimate of drug-likeness (QED) is 0.502. The van der Waals surface area contributed by atoms with Crippen LogP contribution in [0, 0.1) is 5.41 Å². The largest absolute Gasteiger partial charge is 0.387 e. The highest BCUT2D eigenvalue weighted by Gasteiger charge is 2.00. The summed E-state index contributed by atoms with van der Waals surface area (Å²) in [5.74, 6) is 0.136. The fourth-order valence-corrected chi connectivity index (χ4v) is 1.90. The zero-order valence-corrected chi connectivity index (χ0v) is 10.5. The van der Waals surface area contributed by atoms with E-state index in [0.717, 1.165) is 17.4 Å². The summed E-state index contributed by atoms with van der Waals surface area (Å²) in [7, 11) is -3.11. The summed E-state index contributed by atoms with van der Waals surface area (Å²) < 4.78 is 24.1. The van der Waals surface area contributed by atoms with Crippen molar-refractivity contribution in [2.75, 3.05) is 12.8 Å². The molecule has 1 aromatic carbocycles. The van der Waals surface area contributed by atoms with E-state index in [4.69, 9.17) is 11.1 Å². The van der Waals surface area contributed by atoms with Gasteiger partial charge in [0.05, 0.1) is 12.1 Å². The molecule has 0 aliphatic heterocycles. The lowest BCUT2D eigenvalue weighted by Gasteiger charge is -2.04. The number of benzene rings is 1. The number of sulfonamides is 1. The summed E-state index contributed by atoms with van der Waals surface area (Å²) in [6.07, 6.45) is 2.23. The van der Waals surface area contributed by atoms with Gasteiger partial charge < -0.3 is 5.73 Å². The molecule has 5 nitrogen and oxygen atoms in total. The van der Waals surface area contributed by atoms with Gasteiger partial charge in [-0.2, -0.15) is 0 Å². The van der Waals surface area contributed by atoms with Crippen LogP contribution in [0.5, 0.6) is 0 Å². The Labute approximate surface area is 102 Å². The van der Waals surface area contributed by atoms with Crippen LogP contribution in [0.3, 0.4) is 0 Å². The third-order valence-corrected chi connectivity index (χ3v) is 2.92. The number of amidine groups is 1. The molecular formula is C11H17N3O2S. The van der Waals surface area contributed by atoms with Crippen molar-refractivity contribution in [2.45, 2.75) is 12.8 Å². The highest BCUT2D eigenvalue weighted by atomic mass is 32.2. The van der Waals surface area contributed by atoms with Crippen molar-refractivity contribution < 1.29 is 8.42 Å². The molecular weight excluding hydrogens is 238 g/mol. The van der Waals surface area contributed by atoms with Gasteiger partial charge in [0.25, 0.3) is 0 Å². The topological polar surface area (TPSA) is 96.0 Å². The maximum Gasteiger partial charge on any atom is 0.208 e. The molecule has 0 fully saturated rings. The van der Waals surface area contributed by atoms with E-state index in [9.17, 15) is 8.42 Å². The van der Waals surface area contributed by atoms with E-state index >= 15 is 0 Å². The van der Waals surface area contributed by atoms with Crippen LogP contribution >= 0.6 is 0 Å². The van der Waals surface area contributed by atoms with Crippen LogP contribution in [0.4, 0.5) is 0 Å². The van der Waals surface area contributed by atoms with Gasteiger partial charge in [0, 0.05) is 13.0 Å². The molecule has 0 aliphatic rings. The van der Waals surface area contributed by atoms with Crippen LogP contribution in [0.2, 0.25) is 0 Å². The monoisotopic (exact) mass is 255 g/mol. The Kier molecular flexibility index (Phi) is 4.65. The third-order valence-electron chi connectivity index (χ3n) is 2.20. The molecule has 0 heterocycles. The SMILES string of the molecule is CS(=O)(=O)NCCc1ccc(CC(=N)N)cc1. The van der Waals surface area contributed by atoms with Gasteiger partial charge in [0.1, 0.15) is 0 Å². The highest BCUT2D eigenvalue weighted by Crippen LogP contribution is 2.05. The normalized spacial score (nSPS) is 11.4. The maximum atomic E-state index is 10.8. The smallest absolute Gasteiger partial charge is 0.208 e. The highest BCUT2D eigenvalue weighted by molar-refractivity contribution is 7.88. The second-order valence-corrected chi connectivity index (χ2v) is 5.77. The minimum atomic E-state index is -3.11. The first-order valence-electron chi connectivity index (χ1n) is 5.22.